The summed E-state index contributed by atoms with van der Waals surface area (Å²) in [4.78, 5) is 26.7. The van der Waals surface area contributed by atoms with Crippen molar-refractivity contribution >= 4 is 50.0 Å². The molecule has 2 N–H and O–H groups in total. The molecule has 1 amide bonds. The van der Waals surface area contributed by atoms with Crippen LogP contribution in [0.15, 0.2) is 54.6 Å². The third-order valence-corrected chi connectivity index (χ3v) is 8.58. The molecule has 244 valence electrons. The predicted octanol–water partition coefficient (Wildman–Crippen LogP) is 7.20. The van der Waals surface area contributed by atoms with E-state index in [1.165, 1.54) is 55.6 Å². The van der Waals surface area contributed by atoms with E-state index in [2.05, 4.69) is 25.9 Å². The zero-order valence-electron chi connectivity index (χ0n) is 25.6. The van der Waals surface area contributed by atoms with Crippen molar-refractivity contribution in [2.75, 3.05) is 25.6 Å². The van der Waals surface area contributed by atoms with E-state index in [-0.39, 0.29) is 51.3 Å². The smallest absolute Gasteiger partial charge is 0.340 e. The van der Waals surface area contributed by atoms with Crippen LogP contribution in [0.1, 0.15) is 54.6 Å². The van der Waals surface area contributed by atoms with Crippen molar-refractivity contribution in [1.82, 2.24) is 5.32 Å². The number of benzene rings is 3. The molecule has 1 unspecified atom stereocenters. The standard InChI is InChI=1S/C33H34Cl2F2N3O5P/c1-32(2,3)14-26-33(15-38,21-10-9-19(34)13-23(21)36)27(20-6-5-7-22(35)28(20)37)29(40-26)30(41)39-24-11-8-18(12-25(24)43-4)31(42)45-16-44-17-46/h5-13,26-27,29,40H,14,16-17,46H2,1-4H3,(H,39,41)/t26-,27-,29+,33-/m0/s1. The predicted molar refractivity (Wildman–Crippen MR) is 175 cm³/mol. The van der Waals surface area contributed by atoms with E-state index in [0.717, 1.165) is 6.07 Å². The average molecular weight is 693 g/mol. The van der Waals surface area contributed by atoms with Crippen LogP contribution < -0.4 is 15.4 Å². The third-order valence-electron chi connectivity index (χ3n) is 7.82. The van der Waals surface area contributed by atoms with E-state index in [1.807, 2.05) is 20.8 Å². The molecule has 8 nitrogen and oxygen atoms in total. The highest BCUT2D eigenvalue weighted by atomic mass is 35.5. The molecule has 3 aromatic carbocycles. The number of nitriles is 1. The number of hydrogen-bond donors (Lipinski definition) is 2. The summed E-state index contributed by atoms with van der Waals surface area (Å²) in [5.74, 6) is -4.04. The molecule has 5 atom stereocenters. The number of rotatable bonds is 10. The van der Waals surface area contributed by atoms with Crippen LogP contribution in [0.2, 0.25) is 10.0 Å². The van der Waals surface area contributed by atoms with Gasteiger partial charge in [-0.25, -0.2) is 13.6 Å². The molecule has 4 rings (SSSR count). The monoisotopic (exact) mass is 691 g/mol. The van der Waals surface area contributed by atoms with Gasteiger partial charge in [0.05, 0.1) is 41.8 Å². The maximum absolute atomic E-state index is 15.9. The number of anilines is 1. The van der Waals surface area contributed by atoms with Gasteiger partial charge < -0.3 is 24.8 Å². The fourth-order valence-electron chi connectivity index (χ4n) is 5.92. The number of methoxy groups -OCH3 is 1. The Morgan fingerprint density at radius 1 is 1.13 bits per heavy atom. The van der Waals surface area contributed by atoms with Gasteiger partial charge in [0, 0.05) is 22.5 Å². The fourth-order valence-corrected chi connectivity index (χ4v) is 6.35. The second-order valence-corrected chi connectivity index (χ2v) is 13.2. The zero-order valence-corrected chi connectivity index (χ0v) is 28.3. The second kappa shape index (κ2) is 14.6. The van der Waals surface area contributed by atoms with Crippen molar-refractivity contribution in [3.63, 3.8) is 0 Å². The summed E-state index contributed by atoms with van der Waals surface area (Å²) >= 11 is 12.3. The summed E-state index contributed by atoms with van der Waals surface area (Å²) < 4.78 is 47.3. The van der Waals surface area contributed by atoms with Gasteiger partial charge in [-0.15, -0.1) is 9.24 Å². The van der Waals surface area contributed by atoms with Gasteiger partial charge in [-0.05, 0) is 53.8 Å². The minimum atomic E-state index is -1.79. The van der Waals surface area contributed by atoms with Crippen molar-refractivity contribution < 1.29 is 32.6 Å². The molecule has 13 heteroatoms. The molecule has 1 fully saturated rings. The number of ether oxygens (including phenoxy) is 3. The lowest BCUT2D eigenvalue weighted by molar-refractivity contribution is -0.118. The van der Waals surface area contributed by atoms with Crippen LogP contribution in [0.25, 0.3) is 0 Å². The molecule has 1 heterocycles. The molecule has 3 aromatic rings. The third kappa shape index (κ3) is 7.30. The van der Waals surface area contributed by atoms with E-state index in [4.69, 9.17) is 37.4 Å². The lowest BCUT2D eigenvalue weighted by Crippen LogP contribution is -2.45. The number of nitrogens with one attached hydrogen (secondary N) is 2. The molecule has 1 aliphatic rings. The van der Waals surface area contributed by atoms with E-state index >= 15 is 8.78 Å². The average Bonchev–Trinajstić information content (AvgIpc) is 3.31. The summed E-state index contributed by atoms with van der Waals surface area (Å²) in [7, 11) is 3.70. The van der Waals surface area contributed by atoms with Crippen LogP contribution in [0.3, 0.4) is 0 Å². The summed E-state index contributed by atoms with van der Waals surface area (Å²) in [5, 5.41) is 17.0. The second-order valence-electron chi connectivity index (χ2n) is 12.0. The Hall–Kier alpha value is -3.32. The van der Waals surface area contributed by atoms with E-state index < -0.39 is 52.3 Å². The van der Waals surface area contributed by atoms with Crippen molar-refractivity contribution in [1.29, 1.82) is 5.26 Å². The summed E-state index contributed by atoms with van der Waals surface area (Å²) in [6.07, 6.45) is 0.594. The van der Waals surface area contributed by atoms with Gasteiger partial charge in [-0.1, -0.05) is 62.2 Å². The Kier molecular flexibility index (Phi) is 11.3. The Bertz CT molecular complexity index is 1670. The first kappa shape index (κ1) is 35.5. The van der Waals surface area contributed by atoms with E-state index in [1.54, 1.807) is 0 Å². The van der Waals surface area contributed by atoms with Crippen LogP contribution in [0, 0.1) is 28.4 Å². The molecule has 0 radical (unpaired) electrons. The fraction of sp³-hybridized carbons (Fsp3) is 0.364. The molecule has 1 aliphatic heterocycles. The van der Waals surface area contributed by atoms with Crippen LogP contribution in [0.4, 0.5) is 14.5 Å². The number of hydrogen-bond acceptors (Lipinski definition) is 7. The van der Waals surface area contributed by atoms with Crippen molar-refractivity contribution in [3.05, 3.63) is 93.0 Å². The maximum atomic E-state index is 15.9. The van der Waals surface area contributed by atoms with Gasteiger partial charge in [0.15, 0.2) is 6.79 Å². The molecule has 0 spiro atoms. The van der Waals surface area contributed by atoms with Gasteiger partial charge in [-0.2, -0.15) is 5.26 Å². The minimum Gasteiger partial charge on any atom is -0.495 e. The van der Waals surface area contributed by atoms with Crippen LogP contribution >= 0.6 is 32.4 Å². The summed E-state index contributed by atoms with van der Waals surface area (Å²) in [6.45, 7) is 5.59. The normalized spacial score (nSPS) is 21.0. The largest absolute Gasteiger partial charge is 0.495 e. The topological polar surface area (TPSA) is 110 Å². The lowest BCUT2D eigenvalue weighted by Gasteiger charge is -2.37. The van der Waals surface area contributed by atoms with Gasteiger partial charge in [0.25, 0.3) is 0 Å². The number of amides is 1. The number of carbonyl (C=O) groups is 2. The highest BCUT2D eigenvalue weighted by molar-refractivity contribution is 7.16. The van der Waals surface area contributed by atoms with E-state index in [9.17, 15) is 14.9 Å². The number of carbonyl (C=O) groups excluding carboxylic acids is 2. The van der Waals surface area contributed by atoms with Gasteiger partial charge >= 0.3 is 5.97 Å². The number of esters is 1. The van der Waals surface area contributed by atoms with Gasteiger partial charge in [-0.3, -0.25) is 4.79 Å². The van der Waals surface area contributed by atoms with Crippen molar-refractivity contribution in [3.8, 4) is 11.8 Å². The molecule has 1 saturated heterocycles. The molecule has 0 saturated carbocycles. The number of halogens is 4. The molecule has 46 heavy (non-hydrogen) atoms. The maximum Gasteiger partial charge on any atom is 0.340 e. The van der Waals surface area contributed by atoms with Crippen LogP contribution in [-0.4, -0.2) is 44.2 Å². The SMILES string of the molecule is COc1cc(C(=O)OCOCP)ccc1NC(=O)[C@@H]1N[C@@H](CC(C)(C)C)[C@](C#N)(c2ccc(Cl)cc2F)[C@H]1c1cccc(Cl)c1F. The summed E-state index contributed by atoms with van der Waals surface area (Å²) in [5.41, 5.74) is -1.92. The molecule has 0 aliphatic carbocycles. The highest BCUT2D eigenvalue weighted by Gasteiger charge is 2.61. The van der Waals surface area contributed by atoms with E-state index in [0.29, 0.717) is 6.42 Å². The Morgan fingerprint density at radius 3 is 2.50 bits per heavy atom. The van der Waals surface area contributed by atoms with Gasteiger partial charge in [0.1, 0.15) is 22.8 Å². The first-order valence-corrected chi connectivity index (χ1v) is 15.8. The first-order valence-electron chi connectivity index (χ1n) is 14.3. The highest BCUT2D eigenvalue weighted by Crippen LogP contribution is 2.53. The Labute approximate surface area is 278 Å². The molecular weight excluding hydrogens is 658 g/mol. The minimum absolute atomic E-state index is 0.0353. The van der Waals surface area contributed by atoms with Crippen LogP contribution in [-0.2, 0) is 19.7 Å². The zero-order chi connectivity index (χ0) is 33.8. The van der Waals surface area contributed by atoms with Crippen molar-refractivity contribution in [2.45, 2.75) is 50.6 Å². The molecule has 0 bridgehead atoms. The van der Waals surface area contributed by atoms with Gasteiger partial charge in [0.2, 0.25) is 5.91 Å². The Morgan fingerprint density at radius 2 is 1.87 bits per heavy atom. The Balaban J connectivity index is 1.85. The molecular formula is C33H34Cl2F2N3O5P. The summed E-state index contributed by atoms with van der Waals surface area (Å²) in [6, 6.07) is 12.8. The van der Waals surface area contributed by atoms with Crippen LogP contribution in [0.5, 0.6) is 5.75 Å². The molecule has 0 aromatic heterocycles. The lowest BCUT2D eigenvalue weighted by atomic mass is 9.62. The quantitative estimate of drug-likeness (QED) is 0.100. The number of nitrogens with zero attached hydrogens (tertiary/aromatic N) is 1. The first-order chi connectivity index (χ1) is 21.8. The van der Waals surface area contributed by atoms with Crippen molar-refractivity contribution in [2.24, 2.45) is 5.41 Å².